The van der Waals surface area contributed by atoms with Gasteiger partial charge in [0.15, 0.2) is 5.69 Å². The lowest BCUT2D eigenvalue weighted by molar-refractivity contribution is -0.140. The van der Waals surface area contributed by atoms with Crippen LogP contribution in [-0.2, 0) is 13.2 Å². The maximum Gasteiger partial charge on any atom is 0.434 e. The second-order valence-corrected chi connectivity index (χ2v) is 2.59. The molecule has 2 nitrogen and oxygen atoms in total. The number of rotatable bonds is 1. The maximum absolute atomic E-state index is 12.1. The fourth-order valence-electron chi connectivity index (χ4n) is 0.921. The van der Waals surface area contributed by atoms with Gasteiger partial charge in [-0.3, -0.25) is 0 Å². The average Bonchev–Trinajstić information content (AvgIpc) is 2.32. The van der Waals surface area contributed by atoms with E-state index in [2.05, 4.69) is 4.98 Å². The Balaban J connectivity index is 3.09. The number of hydrogen-bond acceptors (Lipinski definition) is 1. The Labute approximate surface area is 73.7 Å². The normalized spacial score (nSPS) is 12.7. The molecule has 13 heavy (non-hydrogen) atoms. The highest BCUT2D eigenvalue weighted by molar-refractivity contribution is 5.40. The van der Waals surface area contributed by atoms with E-state index in [1.807, 2.05) is 0 Å². The van der Waals surface area contributed by atoms with Crippen LogP contribution in [0.15, 0.2) is 12.3 Å². The van der Waals surface area contributed by atoms with Gasteiger partial charge in [-0.15, -0.1) is 0 Å². The summed E-state index contributed by atoms with van der Waals surface area (Å²) in [6.07, 6.45) is -0.231. The van der Waals surface area contributed by atoms with Crippen LogP contribution in [0.25, 0.3) is 6.08 Å². The zero-order valence-electron chi connectivity index (χ0n) is 7.26. The third kappa shape index (κ3) is 2.11. The maximum atomic E-state index is 12.1. The molecule has 0 radical (unpaired) electrons. The van der Waals surface area contributed by atoms with Crippen molar-refractivity contribution in [1.29, 1.82) is 0 Å². The Bertz CT molecular complexity index is 323. The number of aromatic nitrogens is 2. The molecule has 0 saturated carbocycles. The van der Waals surface area contributed by atoms with E-state index in [0.717, 1.165) is 6.20 Å². The first-order valence-corrected chi connectivity index (χ1v) is 3.68. The summed E-state index contributed by atoms with van der Waals surface area (Å²) in [5.74, 6) is 0.301. The Hall–Kier alpha value is -1.26. The van der Waals surface area contributed by atoms with Crippen LogP contribution in [0.5, 0.6) is 0 Å². The summed E-state index contributed by atoms with van der Waals surface area (Å²) in [4.78, 5) is 3.42. The van der Waals surface area contributed by atoms with Gasteiger partial charge in [0.05, 0.1) is 0 Å². The molecule has 1 aromatic heterocycles. The number of alkyl halides is 3. The van der Waals surface area contributed by atoms with E-state index < -0.39 is 11.9 Å². The van der Waals surface area contributed by atoms with E-state index in [1.165, 1.54) is 17.7 Å². The molecule has 1 rings (SSSR count). The van der Waals surface area contributed by atoms with Gasteiger partial charge in [0.2, 0.25) is 0 Å². The number of hydrogen-bond donors (Lipinski definition) is 0. The quantitative estimate of drug-likeness (QED) is 0.665. The smallest absolute Gasteiger partial charge is 0.334 e. The zero-order chi connectivity index (χ0) is 10.1. The number of aryl methyl sites for hydroxylation is 1. The standard InChI is InChI=1S/C8H9F3N2/c1-3-4-7-12-6(5-13(7)2)8(9,10)11/h3-5H,1-2H3/b4-3+. The Morgan fingerprint density at radius 3 is 2.46 bits per heavy atom. The first-order chi connectivity index (χ1) is 5.95. The van der Waals surface area contributed by atoms with Crippen molar-refractivity contribution in [3.05, 3.63) is 23.8 Å². The predicted molar refractivity (Wildman–Crippen MR) is 42.9 cm³/mol. The van der Waals surface area contributed by atoms with Crippen LogP contribution < -0.4 is 0 Å². The minimum absolute atomic E-state index is 0.301. The first-order valence-electron chi connectivity index (χ1n) is 3.68. The van der Waals surface area contributed by atoms with Crippen molar-refractivity contribution < 1.29 is 13.2 Å². The number of halogens is 3. The third-order valence-corrected chi connectivity index (χ3v) is 1.52. The molecule has 0 aliphatic heterocycles. The van der Waals surface area contributed by atoms with E-state index in [1.54, 1.807) is 13.0 Å². The van der Waals surface area contributed by atoms with Crippen LogP contribution >= 0.6 is 0 Å². The van der Waals surface area contributed by atoms with Crippen LogP contribution in [0.2, 0.25) is 0 Å². The van der Waals surface area contributed by atoms with Gasteiger partial charge in [-0.2, -0.15) is 13.2 Å². The minimum atomic E-state index is -4.36. The lowest BCUT2D eigenvalue weighted by Crippen LogP contribution is -2.04. The predicted octanol–water partition coefficient (Wildman–Crippen LogP) is 2.47. The topological polar surface area (TPSA) is 17.8 Å². The molecule has 1 heterocycles. The van der Waals surface area contributed by atoms with E-state index in [-0.39, 0.29) is 0 Å². The van der Waals surface area contributed by atoms with Crippen LogP contribution in [0.1, 0.15) is 18.4 Å². The second-order valence-electron chi connectivity index (χ2n) is 2.59. The summed E-state index contributed by atoms with van der Waals surface area (Å²) in [5.41, 5.74) is -0.858. The molecule has 0 N–H and O–H groups in total. The van der Waals surface area contributed by atoms with Crippen LogP contribution in [0.3, 0.4) is 0 Å². The van der Waals surface area contributed by atoms with Crippen molar-refractivity contribution in [2.75, 3.05) is 0 Å². The molecule has 0 aliphatic rings. The first kappa shape index (κ1) is 9.83. The molecule has 0 saturated heterocycles. The molecule has 0 amide bonds. The number of imidazole rings is 1. The van der Waals surface area contributed by atoms with Gasteiger partial charge in [0, 0.05) is 13.2 Å². The molecule has 0 aliphatic carbocycles. The molecule has 0 atom stereocenters. The lowest BCUT2D eigenvalue weighted by atomic mass is 10.5. The Morgan fingerprint density at radius 1 is 1.46 bits per heavy atom. The monoisotopic (exact) mass is 190 g/mol. The van der Waals surface area contributed by atoms with Gasteiger partial charge in [0.25, 0.3) is 0 Å². The lowest BCUT2D eigenvalue weighted by Gasteiger charge is -1.98. The van der Waals surface area contributed by atoms with E-state index in [9.17, 15) is 13.2 Å². The van der Waals surface area contributed by atoms with Crippen molar-refractivity contribution in [2.24, 2.45) is 7.05 Å². The summed E-state index contributed by atoms with van der Waals surface area (Å²) in [6.45, 7) is 1.72. The minimum Gasteiger partial charge on any atom is -0.334 e. The molecule has 0 fully saturated rings. The van der Waals surface area contributed by atoms with Crippen LogP contribution in [0.4, 0.5) is 13.2 Å². The zero-order valence-corrected chi connectivity index (χ0v) is 7.26. The summed E-state index contributed by atoms with van der Waals surface area (Å²) in [5, 5.41) is 0. The highest BCUT2D eigenvalue weighted by atomic mass is 19.4. The van der Waals surface area contributed by atoms with Gasteiger partial charge < -0.3 is 4.57 Å². The molecule has 1 aromatic rings. The van der Waals surface area contributed by atoms with Crippen molar-refractivity contribution in [3.63, 3.8) is 0 Å². The molecule has 0 bridgehead atoms. The number of allylic oxidation sites excluding steroid dienone is 1. The van der Waals surface area contributed by atoms with Crippen LogP contribution in [-0.4, -0.2) is 9.55 Å². The van der Waals surface area contributed by atoms with Gasteiger partial charge in [-0.1, -0.05) is 6.08 Å². The third-order valence-electron chi connectivity index (χ3n) is 1.52. The van der Waals surface area contributed by atoms with Gasteiger partial charge in [0.1, 0.15) is 5.82 Å². The fraction of sp³-hybridized carbons (Fsp3) is 0.375. The van der Waals surface area contributed by atoms with Crippen molar-refractivity contribution in [2.45, 2.75) is 13.1 Å². The molecule has 0 unspecified atom stereocenters. The number of nitrogens with zero attached hydrogens (tertiary/aromatic N) is 2. The summed E-state index contributed by atoms with van der Waals surface area (Å²) >= 11 is 0. The summed E-state index contributed by atoms with van der Waals surface area (Å²) in [7, 11) is 1.53. The van der Waals surface area contributed by atoms with E-state index in [4.69, 9.17) is 0 Å². The van der Waals surface area contributed by atoms with Crippen molar-refractivity contribution in [1.82, 2.24) is 9.55 Å². The van der Waals surface area contributed by atoms with Gasteiger partial charge >= 0.3 is 6.18 Å². The Morgan fingerprint density at radius 2 is 2.08 bits per heavy atom. The highest BCUT2D eigenvalue weighted by Gasteiger charge is 2.34. The summed E-state index contributed by atoms with van der Waals surface area (Å²) in [6, 6.07) is 0. The average molecular weight is 190 g/mol. The fourth-order valence-corrected chi connectivity index (χ4v) is 0.921. The molecular formula is C8H9F3N2. The molecule has 0 spiro atoms. The molecule has 72 valence electrons. The van der Waals surface area contributed by atoms with Gasteiger partial charge in [-0.25, -0.2) is 4.98 Å². The summed E-state index contributed by atoms with van der Waals surface area (Å²) < 4.78 is 37.7. The van der Waals surface area contributed by atoms with E-state index in [0.29, 0.717) is 5.82 Å². The Kier molecular flexibility index (Phi) is 2.45. The van der Waals surface area contributed by atoms with E-state index >= 15 is 0 Å². The van der Waals surface area contributed by atoms with Gasteiger partial charge in [-0.05, 0) is 13.0 Å². The SMILES string of the molecule is C/C=C/c1nc(C(F)(F)F)cn1C. The molecular weight excluding hydrogens is 181 g/mol. The largest absolute Gasteiger partial charge is 0.434 e. The van der Waals surface area contributed by atoms with Crippen molar-refractivity contribution >= 4 is 6.08 Å². The van der Waals surface area contributed by atoms with Crippen molar-refractivity contribution in [3.8, 4) is 0 Å². The second kappa shape index (κ2) is 3.24. The highest BCUT2D eigenvalue weighted by Crippen LogP contribution is 2.28. The molecule has 5 heteroatoms. The molecule has 0 aromatic carbocycles. The van der Waals surface area contributed by atoms with Crippen LogP contribution in [0, 0.1) is 0 Å².